The molecule has 1 aliphatic rings. The number of amides is 2. The fourth-order valence-electron chi connectivity index (χ4n) is 3.69. The van der Waals surface area contributed by atoms with E-state index in [1.54, 1.807) is 23.5 Å². The van der Waals surface area contributed by atoms with Crippen LogP contribution in [0, 0.1) is 19.7 Å². The molecule has 3 heterocycles. The summed E-state index contributed by atoms with van der Waals surface area (Å²) < 4.78 is 14.8. The number of fused-ring (bicyclic) bond motifs is 1. The molecule has 0 unspecified atom stereocenters. The summed E-state index contributed by atoms with van der Waals surface area (Å²) in [6.45, 7) is 5.21. The lowest BCUT2D eigenvalue weighted by molar-refractivity contribution is -0.129. The fraction of sp³-hybridized carbons (Fsp3) is 0.304. The van der Waals surface area contributed by atoms with Gasteiger partial charge in [0, 0.05) is 42.6 Å². The topological polar surface area (TPSA) is 75.2 Å². The van der Waals surface area contributed by atoms with Crippen LogP contribution in [-0.4, -0.2) is 39.0 Å². The van der Waals surface area contributed by atoms with Gasteiger partial charge in [0.05, 0.1) is 11.3 Å². The molecule has 0 saturated heterocycles. The number of pyridine rings is 1. The first-order valence-electron chi connectivity index (χ1n) is 10.2. The van der Waals surface area contributed by atoms with Crippen LogP contribution in [0.4, 0.5) is 4.39 Å². The number of nitrogens with one attached hydrogen (secondary N) is 1. The van der Waals surface area contributed by atoms with E-state index in [9.17, 15) is 14.0 Å². The number of nitrogens with zero attached hydrogens (tertiary/aromatic N) is 3. The van der Waals surface area contributed by atoms with Crippen LogP contribution in [-0.2, 0) is 24.3 Å². The van der Waals surface area contributed by atoms with Crippen molar-refractivity contribution in [3.63, 3.8) is 0 Å². The Kier molecular flexibility index (Phi) is 6.86. The number of carbonyl (C=O) groups is 2. The highest BCUT2D eigenvalue weighted by atomic mass is 32.2. The summed E-state index contributed by atoms with van der Waals surface area (Å²) in [6.07, 6.45) is 2.50. The SMILES string of the molecule is Cc1csc(SCC(=O)N2CCc3c(cnc(C)c3CNC(=O)c3ccccc3F)C2)n1. The standard InChI is InChI=1S/C23H23FN4O2S2/c1-14-12-31-23(27-14)32-13-21(29)28-8-7-17-16(11-28)9-25-15(2)19(17)10-26-22(30)18-5-3-4-6-20(18)24/h3-6,9,12H,7-8,10-11,13H2,1-2H3,(H,26,30). The first kappa shape index (κ1) is 22.4. The van der Waals surface area contributed by atoms with E-state index in [2.05, 4.69) is 15.3 Å². The van der Waals surface area contributed by atoms with Gasteiger partial charge in [-0.25, -0.2) is 9.37 Å². The molecular weight excluding hydrogens is 447 g/mol. The third kappa shape index (κ3) is 4.99. The minimum absolute atomic E-state index is 0.0209. The first-order valence-corrected chi connectivity index (χ1v) is 12.1. The number of carbonyl (C=O) groups excluding carboxylic acids is 2. The second kappa shape index (κ2) is 9.79. The largest absolute Gasteiger partial charge is 0.348 e. The molecule has 32 heavy (non-hydrogen) atoms. The lowest BCUT2D eigenvalue weighted by Gasteiger charge is -2.30. The van der Waals surface area contributed by atoms with Gasteiger partial charge in [0.2, 0.25) is 5.91 Å². The fourth-order valence-corrected chi connectivity index (χ4v) is 5.44. The average Bonchev–Trinajstić information content (AvgIpc) is 3.21. The molecule has 9 heteroatoms. The molecule has 1 aliphatic heterocycles. The molecule has 0 fully saturated rings. The molecule has 1 aromatic carbocycles. The van der Waals surface area contributed by atoms with E-state index < -0.39 is 11.7 Å². The van der Waals surface area contributed by atoms with Gasteiger partial charge in [-0.3, -0.25) is 14.6 Å². The maximum Gasteiger partial charge on any atom is 0.254 e. The predicted molar refractivity (Wildman–Crippen MR) is 123 cm³/mol. The molecule has 166 valence electrons. The summed E-state index contributed by atoms with van der Waals surface area (Å²) >= 11 is 3.01. The number of rotatable bonds is 6. The second-order valence-electron chi connectivity index (χ2n) is 7.60. The lowest BCUT2D eigenvalue weighted by atomic mass is 9.95. The molecule has 0 saturated carbocycles. The zero-order valence-corrected chi connectivity index (χ0v) is 19.5. The minimum atomic E-state index is -0.546. The lowest BCUT2D eigenvalue weighted by Crippen LogP contribution is -2.38. The van der Waals surface area contributed by atoms with Crippen molar-refractivity contribution < 1.29 is 14.0 Å². The van der Waals surface area contributed by atoms with Crippen molar-refractivity contribution in [1.82, 2.24) is 20.2 Å². The Labute approximate surface area is 194 Å². The van der Waals surface area contributed by atoms with Crippen molar-refractivity contribution in [2.24, 2.45) is 0 Å². The number of halogens is 1. The normalized spacial score (nSPS) is 13.0. The van der Waals surface area contributed by atoms with Crippen LogP contribution >= 0.6 is 23.1 Å². The highest BCUT2D eigenvalue weighted by molar-refractivity contribution is 8.01. The molecule has 0 aliphatic carbocycles. The van der Waals surface area contributed by atoms with Crippen molar-refractivity contribution in [3.05, 3.63) is 75.3 Å². The molecular formula is C23H23FN4O2S2. The number of aromatic nitrogens is 2. The van der Waals surface area contributed by atoms with E-state index in [-0.39, 0.29) is 18.0 Å². The molecule has 1 N–H and O–H groups in total. The van der Waals surface area contributed by atoms with E-state index in [1.165, 1.54) is 23.9 Å². The molecule has 3 aromatic rings. The van der Waals surface area contributed by atoms with Crippen molar-refractivity contribution in [3.8, 4) is 0 Å². The van der Waals surface area contributed by atoms with Crippen LogP contribution in [0.15, 0.2) is 40.2 Å². The summed E-state index contributed by atoms with van der Waals surface area (Å²) in [5.74, 6) is -0.576. The molecule has 2 amide bonds. The van der Waals surface area contributed by atoms with E-state index in [1.807, 2.05) is 30.3 Å². The van der Waals surface area contributed by atoms with E-state index in [0.717, 1.165) is 32.4 Å². The Morgan fingerprint density at radius 2 is 2.09 bits per heavy atom. The van der Waals surface area contributed by atoms with Crippen LogP contribution in [0.3, 0.4) is 0 Å². The van der Waals surface area contributed by atoms with Gasteiger partial charge in [0.25, 0.3) is 5.91 Å². The first-order chi connectivity index (χ1) is 15.4. The van der Waals surface area contributed by atoms with Gasteiger partial charge >= 0.3 is 0 Å². The second-order valence-corrected chi connectivity index (χ2v) is 9.68. The average molecular weight is 471 g/mol. The van der Waals surface area contributed by atoms with Crippen LogP contribution in [0.25, 0.3) is 0 Å². The summed E-state index contributed by atoms with van der Waals surface area (Å²) in [5, 5.41) is 4.79. The van der Waals surface area contributed by atoms with Crippen molar-refractivity contribution in [1.29, 1.82) is 0 Å². The Morgan fingerprint density at radius 1 is 1.28 bits per heavy atom. The Bertz CT molecular complexity index is 1160. The zero-order chi connectivity index (χ0) is 22.7. The Morgan fingerprint density at radius 3 is 2.84 bits per heavy atom. The van der Waals surface area contributed by atoms with Gasteiger partial charge in [-0.05, 0) is 49.1 Å². The van der Waals surface area contributed by atoms with Crippen molar-refractivity contribution in [2.45, 2.75) is 37.7 Å². The van der Waals surface area contributed by atoms with E-state index in [0.29, 0.717) is 25.3 Å². The molecule has 0 atom stereocenters. The molecule has 0 radical (unpaired) electrons. The van der Waals surface area contributed by atoms with E-state index >= 15 is 0 Å². The molecule has 4 rings (SSSR count). The number of hydrogen-bond acceptors (Lipinski definition) is 6. The number of aryl methyl sites for hydroxylation is 2. The molecule has 6 nitrogen and oxygen atoms in total. The molecule has 2 aromatic heterocycles. The Balaban J connectivity index is 1.41. The molecule has 0 spiro atoms. The highest BCUT2D eigenvalue weighted by Crippen LogP contribution is 2.26. The van der Waals surface area contributed by atoms with Crippen LogP contribution < -0.4 is 5.32 Å². The van der Waals surface area contributed by atoms with Crippen LogP contribution in [0.1, 0.15) is 38.4 Å². The maximum atomic E-state index is 13.9. The number of thiazole rings is 1. The van der Waals surface area contributed by atoms with Gasteiger partial charge in [0.1, 0.15) is 5.82 Å². The summed E-state index contributed by atoms with van der Waals surface area (Å²) in [5.41, 5.74) is 4.85. The van der Waals surface area contributed by atoms with Gasteiger partial charge < -0.3 is 10.2 Å². The number of thioether (sulfide) groups is 1. The minimum Gasteiger partial charge on any atom is -0.348 e. The quantitative estimate of drug-likeness (QED) is 0.553. The van der Waals surface area contributed by atoms with E-state index in [4.69, 9.17) is 0 Å². The van der Waals surface area contributed by atoms with Gasteiger partial charge in [-0.2, -0.15) is 0 Å². The molecule has 0 bridgehead atoms. The monoisotopic (exact) mass is 470 g/mol. The van der Waals surface area contributed by atoms with Crippen LogP contribution in [0.5, 0.6) is 0 Å². The maximum absolute atomic E-state index is 13.9. The third-order valence-corrected chi connectivity index (χ3v) is 7.53. The number of benzene rings is 1. The van der Waals surface area contributed by atoms with Crippen molar-refractivity contribution >= 4 is 34.9 Å². The number of hydrogen-bond donors (Lipinski definition) is 1. The Hall–Kier alpha value is -2.78. The smallest absolute Gasteiger partial charge is 0.254 e. The predicted octanol–water partition coefficient (Wildman–Crippen LogP) is 3.90. The summed E-state index contributed by atoms with van der Waals surface area (Å²) in [7, 11) is 0. The van der Waals surface area contributed by atoms with Gasteiger partial charge in [-0.1, -0.05) is 23.9 Å². The van der Waals surface area contributed by atoms with Gasteiger partial charge in [-0.15, -0.1) is 11.3 Å². The zero-order valence-electron chi connectivity index (χ0n) is 17.9. The highest BCUT2D eigenvalue weighted by Gasteiger charge is 2.24. The van der Waals surface area contributed by atoms with Crippen LogP contribution in [0.2, 0.25) is 0 Å². The van der Waals surface area contributed by atoms with Crippen molar-refractivity contribution in [2.75, 3.05) is 12.3 Å². The summed E-state index contributed by atoms with van der Waals surface area (Å²) in [6, 6.07) is 5.92. The third-order valence-electron chi connectivity index (χ3n) is 5.41. The van der Waals surface area contributed by atoms with Gasteiger partial charge in [0.15, 0.2) is 4.34 Å². The summed E-state index contributed by atoms with van der Waals surface area (Å²) in [4.78, 5) is 35.8.